The van der Waals surface area contributed by atoms with Crippen LogP contribution in [-0.4, -0.2) is 70.0 Å². The van der Waals surface area contributed by atoms with Gasteiger partial charge in [0.2, 0.25) is 0 Å². The Morgan fingerprint density at radius 1 is 0.333 bits per heavy atom. The molecule has 0 saturated carbocycles. The molecule has 0 rings (SSSR count). The predicted molar refractivity (Wildman–Crippen MR) is 415 cm³/mol. The van der Waals surface area contributed by atoms with Crippen LogP contribution in [-0.2, 0) is 32.7 Å². The van der Waals surface area contributed by atoms with Crippen molar-refractivity contribution in [1.29, 1.82) is 0 Å². The number of ether oxygens (including phenoxy) is 2. The van der Waals surface area contributed by atoms with Crippen molar-refractivity contribution in [3.05, 3.63) is 146 Å². The maximum Gasteiger partial charge on any atom is 0.306 e. The fourth-order valence-corrected chi connectivity index (χ4v) is 11.6. The number of esters is 2. The first kappa shape index (κ1) is 91.9. The van der Waals surface area contributed by atoms with Crippen molar-refractivity contribution in [2.24, 2.45) is 0 Å². The van der Waals surface area contributed by atoms with E-state index in [0.717, 1.165) is 116 Å². The summed E-state index contributed by atoms with van der Waals surface area (Å²) >= 11 is 0. The van der Waals surface area contributed by atoms with Crippen molar-refractivity contribution in [3.63, 3.8) is 0 Å². The zero-order chi connectivity index (χ0) is 69.7. The molecule has 96 heavy (non-hydrogen) atoms. The lowest BCUT2D eigenvalue weighted by Crippen LogP contribution is -2.37. The number of rotatable bonds is 72. The second-order valence-corrected chi connectivity index (χ2v) is 28.8. The van der Waals surface area contributed by atoms with Gasteiger partial charge in [0.05, 0.1) is 27.7 Å². The Kier molecular flexibility index (Phi) is 71.9. The topological polar surface area (TPSA) is 111 Å². The summed E-state index contributed by atoms with van der Waals surface area (Å²) in [5.74, 6) is -0.832. The number of allylic oxidation sites excluding steroid dienone is 24. The average Bonchev–Trinajstić information content (AvgIpc) is 1.98. The third-order valence-corrected chi connectivity index (χ3v) is 17.8. The highest BCUT2D eigenvalue weighted by atomic mass is 31.2. The van der Waals surface area contributed by atoms with Crippen molar-refractivity contribution in [2.75, 3.05) is 47.5 Å². The third-order valence-electron chi connectivity index (χ3n) is 16.8. The molecule has 0 radical (unpaired) electrons. The van der Waals surface area contributed by atoms with Crippen LogP contribution in [0.15, 0.2) is 146 Å². The van der Waals surface area contributed by atoms with Crippen LogP contribution < -0.4 is 4.89 Å². The lowest BCUT2D eigenvalue weighted by molar-refractivity contribution is -0.870. The minimum absolute atomic E-state index is 0.0362. The monoisotopic (exact) mass is 1350 g/mol. The van der Waals surface area contributed by atoms with Gasteiger partial charge in [0.1, 0.15) is 19.8 Å². The summed E-state index contributed by atoms with van der Waals surface area (Å²) in [6.45, 7) is 4.13. The number of phosphoric ester groups is 1. The van der Waals surface area contributed by atoms with Crippen molar-refractivity contribution < 1.29 is 42.1 Å². The number of likely N-dealkylation sites (N-methyl/N-ethyl adjacent to an activating group) is 1. The number of hydrogen-bond acceptors (Lipinski definition) is 8. The first-order chi connectivity index (χ1) is 47.0. The van der Waals surface area contributed by atoms with Crippen LogP contribution in [0.25, 0.3) is 0 Å². The van der Waals surface area contributed by atoms with E-state index in [2.05, 4.69) is 160 Å². The molecule has 0 heterocycles. The molecule has 2 unspecified atom stereocenters. The lowest BCUT2D eigenvalue weighted by atomic mass is 10.0. The maximum absolute atomic E-state index is 12.9. The van der Waals surface area contributed by atoms with Crippen molar-refractivity contribution in [1.82, 2.24) is 0 Å². The molecule has 0 saturated heterocycles. The predicted octanol–water partition coefficient (Wildman–Crippen LogP) is 25.9. The molecule has 0 bridgehead atoms. The molecule has 0 aromatic rings. The molecule has 9 nitrogen and oxygen atoms in total. The molecule has 550 valence electrons. The number of phosphoric acid groups is 1. The van der Waals surface area contributed by atoms with Gasteiger partial charge in [-0.05, 0) is 122 Å². The van der Waals surface area contributed by atoms with Crippen LogP contribution in [0.5, 0.6) is 0 Å². The smallest absolute Gasteiger partial charge is 0.306 e. The van der Waals surface area contributed by atoms with Crippen LogP contribution in [0.4, 0.5) is 0 Å². The van der Waals surface area contributed by atoms with Crippen molar-refractivity contribution >= 4 is 19.8 Å². The third kappa shape index (κ3) is 78.9. The number of quaternary nitrogens is 1. The molecular weight excluding hydrogens is 1210 g/mol. The van der Waals surface area contributed by atoms with E-state index in [1.165, 1.54) is 186 Å². The van der Waals surface area contributed by atoms with Crippen LogP contribution >= 0.6 is 7.82 Å². The van der Waals surface area contributed by atoms with Gasteiger partial charge in [-0.15, -0.1) is 0 Å². The fourth-order valence-electron chi connectivity index (χ4n) is 10.8. The first-order valence-corrected chi connectivity index (χ1v) is 41.0. The quantitative estimate of drug-likeness (QED) is 0.0195. The van der Waals surface area contributed by atoms with E-state index in [0.29, 0.717) is 17.4 Å². The molecule has 0 aliphatic rings. The highest BCUT2D eigenvalue weighted by molar-refractivity contribution is 7.45. The molecule has 2 atom stereocenters. The number of unbranched alkanes of at least 4 members (excludes halogenated alkanes) is 34. The fraction of sp³-hybridized carbons (Fsp3) is 0.698. The highest BCUT2D eigenvalue weighted by Gasteiger charge is 2.22. The molecule has 0 fully saturated rings. The Bertz CT molecular complexity index is 2140. The molecule has 0 aromatic heterocycles. The summed E-state index contributed by atoms with van der Waals surface area (Å²) < 4.78 is 34.4. The number of nitrogens with zero attached hydrogens (tertiary/aromatic N) is 1. The molecule has 0 spiro atoms. The van der Waals surface area contributed by atoms with Crippen LogP contribution in [0.1, 0.15) is 335 Å². The molecule has 0 aliphatic carbocycles. The number of carbonyl (C=O) groups excluding carboxylic acids is 2. The largest absolute Gasteiger partial charge is 0.756 e. The minimum atomic E-state index is -4.65. The Morgan fingerprint density at radius 3 is 0.885 bits per heavy atom. The molecule has 0 aliphatic heterocycles. The zero-order valence-corrected chi connectivity index (χ0v) is 63.7. The number of hydrogen-bond donors (Lipinski definition) is 0. The molecule has 10 heteroatoms. The van der Waals surface area contributed by atoms with E-state index in [1.54, 1.807) is 0 Å². The van der Waals surface area contributed by atoms with E-state index < -0.39 is 26.5 Å². The van der Waals surface area contributed by atoms with Gasteiger partial charge < -0.3 is 27.9 Å². The second-order valence-electron chi connectivity index (χ2n) is 27.3. The summed E-state index contributed by atoms with van der Waals surface area (Å²) in [4.78, 5) is 38.2. The van der Waals surface area contributed by atoms with Gasteiger partial charge in [-0.25, -0.2) is 0 Å². The number of carbonyl (C=O) groups is 2. The van der Waals surface area contributed by atoms with Gasteiger partial charge in [0.25, 0.3) is 7.82 Å². The minimum Gasteiger partial charge on any atom is -0.756 e. The summed E-state index contributed by atoms with van der Waals surface area (Å²) in [7, 11) is 1.16. The Balaban J connectivity index is 4.03. The summed E-state index contributed by atoms with van der Waals surface area (Å²) in [6, 6.07) is 0. The molecular formula is C86H148NO8P. The summed E-state index contributed by atoms with van der Waals surface area (Å²) in [5, 5.41) is 0. The van der Waals surface area contributed by atoms with Gasteiger partial charge in [-0.2, -0.15) is 0 Å². The van der Waals surface area contributed by atoms with Gasteiger partial charge >= 0.3 is 11.9 Å². The summed E-state index contributed by atoms with van der Waals surface area (Å²) in [5.41, 5.74) is 0. The van der Waals surface area contributed by atoms with Gasteiger partial charge in [0.15, 0.2) is 6.10 Å². The Hall–Kier alpha value is -4.11. The zero-order valence-electron chi connectivity index (χ0n) is 62.8. The van der Waals surface area contributed by atoms with E-state index in [9.17, 15) is 19.0 Å². The van der Waals surface area contributed by atoms with E-state index in [4.69, 9.17) is 18.5 Å². The van der Waals surface area contributed by atoms with Crippen LogP contribution in [0, 0.1) is 0 Å². The normalized spacial score (nSPS) is 13.9. The second kappa shape index (κ2) is 75.1. The molecule has 0 aromatic carbocycles. The van der Waals surface area contributed by atoms with Gasteiger partial charge in [0, 0.05) is 12.8 Å². The van der Waals surface area contributed by atoms with E-state index >= 15 is 0 Å². The van der Waals surface area contributed by atoms with Crippen LogP contribution in [0.2, 0.25) is 0 Å². The van der Waals surface area contributed by atoms with E-state index in [-0.39, 0.29) is 32.0 Å². The standard InChI is InChI=1S/C86H148NO8P/c1-6-8-10-12-14-16-18-20-22-24-26-28-30-32-34-36-38-40-41-42-43-44-45-47-49-51-53-55-57-59-61-63-65-67-69-71-73-75-77-79-86(89)95-84(83-94-96(90,91)93-81-80-87(3,4)5)82-92-85(88)78-76-74-72-70-68-66-64-62-60-58-56-54-52-50-48-46-39-37-35-33-31-29-27-25-23-21-19-17-15-13-11-9-7-2/h8,10,14,16,19-22,25-28,31-34,38,40,42-43,45,47,51,53,84H,6-7,9,11-13,15,17-18,23-24,29-30,35-37,39,41,44,46,48-50,52,54-83H2,1-5H3/b10-8-,16-14-,21-19-,22-20-,27-25-,28-26-,33-31-,34-32-,40-38-,43-42-,47-45-,53-51-. The van der Waals surface area contributed by atoms with E-state index in [1.807, 2.05) is 21.1 Å². The Morgan fingerprint density at radius 2 is 0.594 bits per heavy atom. The molecule has 0 N–H and O–H groups in total. The summed E-state index contributed by atoms with van der Waals surface area (Å²) in [6.07, 6.45) is 111. The van der Waals surface area contributed by atoms with Gasteiger partial charge in [-0.3, -0.25) is 14.2 Å². The first-order valence-electron chi connectivity index (χ1n) is 39.5. The average molecular weight is 1360 g/mol. The van der Waals surface area contributed by atoms with Crippen molar-refractivity contribution in [2.45, 2.75) is 341 Å². The van der Waals surface area contributed by atoms with Crippen molar-refractivity contribution in [3.8, 4) is 0 Å². The highest BCUT2D eigenvalue weighted by Crippen LogP contribution is 2.38. The SMILES string of the molecule is CC/C=C\C/C=C\C/C=C\C/C=C\C/C=C\C/C=C\C/C=C\C/C=C\C/C=C\CCCCCCCCCCCCCC(=O)OC(COC(=O)CCCCCCCCCCCCCCCCCCCC/C=C\C/C=C\C/C=C\CCCCCCC)COP(=O)([O-])OCC[N+](C)(C)C. The molecule has 0 amide bonds. The maximum atomic E-state index is 12.9. The van der Waals surface area contributed by atoms with Gasteiger partial charge in [-0.1, -0.05) is 346 Å². The lowest BCUT2D eigenvalue weighted by Gasteiger charge is -2.28. The Labute approximate surface area is 593 Å². The van der Waals surface area contributed by atoms with Crippen LogP contribution in [0.3, 0.4) is 0 Å².